The monoisotopic (exact) mass is 132 g/mol. The Morgan fingerprint density at radius 1 is 1.20 bits per heavy atom. The Hall–Kier alpha value is -1.94. The van der Waals surface area contributed by atoms with Crippen molar-refractivity contribution in [2.75, 3.05) is 0 Å². The van der Waals surface area contributed by atoms with Gasteiger partial charge in [-0.2, -0.15) is 10.5 Å². The minimum Gasteiger partial charge on any atom is -0.345 e. The van der Waals surface area contributed by atoms with Crippen LogP contribution in [0.5, 0.6) is 0 Å². The Morgan fingerprint density at radius 2 is 1.70 bits per heavy atom. The van der Waals surface area contributed by atoms with Crippen LogP contribution in [0.2, 0.25) is 0 Å². The van der Waals surface area contributed by atoms with Crippen molar-refractivity contribution in [2.45, 2.75) is 0 Å². The summed E-state index contributed by atoms with van der Waals surface area (Å²) in [7, 11) is 0. The molecule has 0 bridgehead atoms. The third-order valence-electron chi connectivity index (χ3n) is 1.01. The van der Waals surface area contributed by atoms with E-state index < -0.39 is 0 Å². The summed E-state index contributed by atoms with van der Waals surface area (Å²) in [6.07, 6.45) is 3.23. The van der Waals surface area contributed by atoms with Gasteiger partial charge in [-0.3, -0.25) is 0 Å². The van der Waals surface area contributed by atoms with Gasteiger partial charge in [-0.1, -0.05) is 0 Å². The summed E-state index contributed by atoms with van der Waals surface area (Å²) in [6, 6.07) is 3.49. The molecule has 10 heavy (non-hydrogen) atoms. The number of allylic oxidation sites excluding steroid dienone is 1. The van der Waals surface area contributed by atoms with Crippen molar-refractivity contribution in [2.24, 2.45) is 0 Å². The molecule has 4 heteroatoms. The largest absolute Gasteiger partial charge is 0.345 e. The molecule has 1 heterocycles. The number of hydrogen-bond donors (Lipinski definition) is 2. The minimum absolute atomic E-state index is 0.0602. The van der Waals surface area contributed by atoms with E-state index in [0.29, 0.717) is 5.82 Å². The average Bonchev–Trinajstić information content (AvgIpc) is 2.43. The molecule has 48 valence electrons. The van der Waals surface area contributed by atoms with Crippen LogP contribution in [-0.4, -0.2) is 0 Å². The Kier molecular flexibility index (Phi) is 1.58. The number of nitrogens with one attached hydrogen (secondary N) is 2. The molecule has 1 aliphatic heterocycles. The van der Waals surface area contributed by atoms with E-state index >= 15 is 0 Å². The first kappa shape index (κ1) is 6.18. The van der Waals surface area contributed by atoms with Gasteiger partial charge in [-0.25, -0.2) is 0 Å². The summed E-state index contributed by atoms with van der Waals surface area (Å²) in [6.45, 7) is 0. The summed E-state index contributed by atoms with van der Waals surface area (Å²) in [5, 5.41) is 22.1. The molecule has 0 unspecified atom stereocenters. The van der Waals surface area contributed by atoms with Crippen LogP contribution >= 0.6 is 0 Å². The first-order valence-electron chi connectivity index (χ1n) is 2.61. The zero-order valence-corrected chi connectivity index (χ0v) is 5.05. The molecular weight excluding hydrogens is 128 g/mol. The van der Waals surface area contributed by atoms with Gasteiger partial charge in [-0.15, -0.1) is 0 Å². The normalized spacial score (nSPS) is 12.8. The van der Waals surface area contributed by atoms with E-state index in [4.69, 9.17) is 10.5 Å². The summed E-state index contributed by atoms with van der Waals surface area (Å²) >= 11 is 0. The number of rotatable bonds is 0. The predicted molar refractivity (Wildman–Crippen MR) is 33.7 cm³/mol. The second-order valence-corrected chi connectivity index (χ2v) is 1.60. The maximum atomic E-state index is 8.35. The van der Waals surface area contributed by atoms with Crippen LogP contribution in [0.25, 0.3) is 0 Å². The van der Waals surface area contributed by atoms with E-state index in [1.165, 1.54) is 0 Å². The van der Waals surface area contributed by atoms with Gasteiger partial charge < -0.3 is 10.6 Å². The third kappa shape index (κ3) is 0.910. The molecule has 1 aliphatic rings. The van der Waals surface area contributed by atoms with Gasteiger partial charge in [0.1, 0.15) is 18.0 Å². The summed E-state index contributed by atoms with van der Waals surface area (Å²) < 4.78 is 0. The molecule has 2 N–H and O–H groups in total. The van der Waals surface area contributed by atoms with E-state index in [-0.39, 0.29) is 5.57 Å². The lowest BCUT2D eigenvalue weighted by Gasteiger charge is -1.95. The lowest BCUT2D eigenvalue weighted by molar-refractivity contribution is 0.976. The quantitative estimate of drug-likeness (QED) is 0.452. The molecule has 4 nitrogen and oxygen atoms in total. The Bertz CT molecular complexity index is 247. The van der Waals surface area contributed by atoms with Gasteiger partial charge >= 0.3 is 0 Å². The Morgan fingerprint density at radius 3 is 2.10 bits per heavy atom. The van der Waals surface area contributed by atoms with Crippen molar-refractivity contribution >= 4 is 0 Å². The molecule has 0 saturated heterocycles. The fourth-order valence-corrected chi connectivity index (χ4v) is 0.573. The fraction of sp³-hybridized carbons (Fsp3) is 0. The highest BCUT2D eigenvalue weighted by atomic mass is 15.1. The molecule has 0 fully saturated rings. The van der Waals surface area contributed by atoms with Crippen LogP contribution in [0, 0.1) is 22.7 Å². The fourth-order valence-electron chi connectivity index (χ4n) is 0.573. The van der Waals surface area contributed by atoms with Crippen molar-refractivity contribution in [3.8, 4) is 12.1 Å². The molecule has 1 rings (SSSR count). The first-order chi connectivity index (χ1) is 4.88. The van der Waals surface area contributed by atoms with E-state index in [2.05, 4.69) is 10.6 Å². The molecule has 0 aromatic carbocycles. The molecular formula is C6H4N4. The Balaban J connectivity index is 2.88. The zero-order chi connectivity index (χ0) is 7.40. The molecule has 0 spiro atoms. The highest BCUT2D eigenvalue weighted by Gasteiger charge is 2.04. The number of hydrogen-bond acceptors (Lipinski definition) is 4. The molecule has 0 saturated carbocycles. The van der Waals surface area contributed by atoms with E-state index in [9.17, 15) is 0 Å². The van der Waals surface area contributed by atoms with E-state index in [1.54, 1.807) is 24.5 Å². The smallest absolute Gasteiger partial charge is 0.170 e. The highest BCUT2D eigenvalue weighted by molar-refractivity contribution is 5.40. The average molecular weight is 132 g/mol. The van der Waals surface area contributed by atoms with Gasteiger partial charge in [-0.05, 0) is 0 Å². The van der Waals surface area contributed by atoms with Gasteiger partial charge in [0.2, 0.25) is 0 Å². The van der Waals surface area contributed by atoms with Crippen molar-refractivity contribution in [1.82, 2.24) is 10.6 Å². The van der Waals surface area contributed by atoms with Crippen LogP contribution in [0.3, 0.4) is 0 Å². The maximum Gasteiger partial charge on any atom is 0.170 e. The van der Waals surface area contributed by atoms with E-state index in [1.807, 2.05) is 0 Å². The summed E-state index contributed by atoms with van der Waals surface area (Å²) in [4.78, 5) is 0. The van der Waals surface area contributed by atoms with Crippen molar-refractivity contribution in [3.05, 3.63) is 23.8 Å². The van der Waals surface area contributed by atoms with Crippen LogP contribution < -0.4 is 10.6 Å². The third-order valence-corrected chi connectivity index (χ3v) is 1.01. The SMILES string of the molecule is N#CC(C#N)=C1NC=CN1. The molecule has 0 amide bonds. The Labute approximate surface area is 58.1 Å². The molecule has 0 atom stereocenters. The second kappa shape index (κ2) is 2.56. The van der Waals surface area contributed by atoms with Gasteiger partial charge in [0, 0.05) is 12.4 Å². The standard InChI is InChI=1S/C6H4N4/c7-3-5(4-8)6-9-1-2-10-6/h1-2,9-10H. The van der Waals surface area contributed by atoms with Gasteiger partial charge in [0.25, 0.3) is 0 Å². The zero-order valence-electron chi connectivity index (χ0n) is 5.05. The number of nitrogens with zero attached hydrogens (tertiary/aromatic N) is 2. The molecule has 0 aromatic rings. The molecule has 0 aromatic heterocycles. The molecule has 0 aliphatic carbocycles. The molecule has 0 radical (unpaired) electrons. The number of nitriles is 2. The highest BCUT2D eigenvalue weighted by Crippen LogP contribution is 1.98. The lowest BCUT2D eigenvalue weighted by Crippen LogP contribution is -2.11. The lowest BCUT2D eigenvalue weighted by atomic mass is 10.3. The summed E-state index contributed by atoms with van der Waals surface area (Å²) in [5.41, 5.74) is 0.0602. The van der Waals surface area contributed by atoms with Gasteiger partial charge in [0.15, 0.2) is 5.57 Å². The van der Waals surface area contributed by atoms with Crippen molar-refractivity contribution in [1.29, 1.82) is 10.5 Å². The van der Waals surface area contributed by atoms with Crippen LogP contribution in [-0.2, 0) is 0 Å². The maximum absolute atomic E-state index is 8.35. The van der Waals surface area contributed by atoms with Crippen molar-refractivity contribution < 1.29 is 0 Å². The van der Waals surface area contributed by atoms with Crippen molar-refractivity contribution in [3.63, 3.8) is 0 Å². The summed E-state index contributed by atoms with van der Waals surface area (Å²) in [5.74, 6) is 0.449. The predicted octanol–water partition coefficient (Wildman–Crippen LogP) is -0.0908. The minimum atomic E-state index is 0.0602. The topological polar surface area (TPSA) is 71.6 Å². The van der Waals surface area contributed by atoms with Crippen LogP contribution in [0.4, 0.5) is 0 Å². The van der Waals surface area contributed by atoms with Crippen LogP contribution in [0.15, 0.2) is 23.8 Å². The van der Waals surface area contributed by atoms with E-state index in [0.717, 1.165) is 0 Å². The second-order valence-electron chi connectivity index (χ2n) is 1.60. The van der Waals surface area contributed by atoms with Gasteiger partial charge in [0.05, 0.1) is 0 Å². The first-order valence-corrected chi connectivity index (χ1v) is 2.61. The van der Waals surface area contributed by atoms with Crippen LogP contribution in [0.1, 0.15) is 0 Å².